The van der Waals surface area contributed by atoms with Gasteiger partial charge in [-0.1, -0.05) is 18.2 Å². The van der Waals surface area contributed by atoms with E-state index in [1.165, 1.54) is 4.57 Å². The SMILES string of the molecule is CN1[C@@H]2COC[C@H]1C[C@@H](NC(=O)c1cn(CC(F)F)c3ccccc13)C2. The van der Waals surface area contributed by atoms with E-state index >= 15 is 0 Å². The molecule has 2 aromatic rings. The van der Waals surface area contributed by atoms with Crippen LogP contribution in [0.4, 0.5) is 8.78 Å². The average molecular weight is 363 g/mol. The average Bonchev–Trinajstić information content (AvgIpc) is 2.94. The molecule has 26 heavy (non-hydrogen) atoms. The number of para-hydroxylation sites is 1. The van der Waals surface area contributed by atoms with Crippen LogP contribution in [0, 0.1) is 0 Å². The number of fused-ring (bicyclic) bond motifs is 3. The van der Waals surface area contributed by atoms with E-state index in [4.69, 9.17) is 4.74 Å². The van der Waals surface area contributed by atoms with Crippen molar-refractivity contribution in [2.45, 2.75) is 43.9 Å². The van der Waals surface area contributed by atoms with Gasteiger partial charge in [-0.2, -0.15) is 0 Å². The van der Waals surface area contributed by atoms with Gasteiger partial charge in [0.15, 0.2) is 0 Å². The minimum Gasteiger partial charge on any atom is -0.378 e. The highest BCUT2D eigenvalue weighted by Gasteiger charge is 2.37. The molecule has 0 saturated carbocycles. The topological polar surface area (TPSA) is 46.5 Å². The molecule has 1 aromatic carbocycles. The largest absolute Gasteiger partial charge is 0.378 e. The maximum Gasteiger partial charge on any atom is 0.256 e. The van der Waals surface area contributed by atoms with Gasteiger partial charge in [-0.25, -0.2) is 8.78 Å². The first-order valence-corrected chi connectivity index (χ1v) is 8.99. The summed E-state index contributed by atoms with van der Waals surface area (Å²) < 4.78 is 32.8. The summed E-state index contributed by atoms with van der Waals surface area (Å²) in [4.78, 5) is 15.2. The summed E-state index contributed by atoms with van der Waals surface area (Å²) in [5, 5.41) is 3.83. The van der Waals surface area contributed by atoms with Gasteiger partial charge in [0.05, 0.1) is 25.3 Å². The second-order valence-electron chi connectivity index (χ2n) is 7.26. The van der Waals surface area contributed by atoms with Gasteiger partial charge in [0.1, 0.15) is 0 Å². The van der Waals surface area contributed by atoms with E-state index in [0.717, 1.165) is 12.8 Å². The van der Waals surface area contributed by atoms with Crippen molar-refractivity contribution in [3.05, 3.63) is 36.0 Å². The summed E-state index contributed by atoms with van der Waals surface area (Å²) in [5.41, 5.74) is 1.12. The number of carbonyl (C=O) groups excluding carboxylic acids is 1. The number of alkyl halides is 2. The molecule has 0 radical (unpaired) electrons. The highest BCUT2D eigenvalue weighted by molar-refractivity contribution is 6.07. The van der Waals surface area contributed by atoms with Gasteiger partial charge >= 0.3 is 0 Å². The number of hydrogen-bond acceptors (Lipinski definition) is 3. The third-order valence-corrected chi connectivity index (χ3v) is 5.59. The molecule has 2 aliphatic heterocycles. The van der Waals surface area contributed by atoms with E-state index in [1.54, 1.807) is 18.3 Å². The number of carbonyl (C=O) groups is 1. The molecular weight excluding hydrogens is 340 g/mol. The van der Waals surface area contributed by atoms with Crippen molar-refractivity contribution in [3.63, 3.8) is 0 Å². The third kappa shape index (κ3) is 3.21. The lowest BCUT2D eigenvalue weighted by Gasteiger charge is -2.46. The fraction of sp³-hybridized carbons (Fsp3) is 0.526. The quantitative estimate of drug-likeness (QED) is 0.908. The normalized spacial score (nSPS) is 26.4. The summed E-state index contributed by atoms with van der Waals surface area (Å²) in [7, 11) is 2.11. The molecule has 3 atom stereocenters. The Bertz CT molecular complexity index is 793. The van der Waals surface area contributed by atoms with Crippen molar-refractivity contribution in [2.75, 3.05) is 20.3 Å². The van der Waals surface area contributed by atoms with Crippen LogP contribution in [0.1, 0.15) is 23.2 Å². The predicted octanol–water partition coefficient (Wildman–Crippen LogP) is 2.50. The van der Waals surface area contributed by atoms with Gasteiger partial charge in [0.25, 0.3) is 12.3 Å². The third-order valence-electron chi connectivity index (χ3n) is 5.59. The van der Waals surface area contributed by atoms with E-state index in [0.29, 0.717) is 41.8 Å². The Kier molecular flexibility index (Phi) is 4.67. The molecule has 1 aromatic heterocycles. The molecule has 2 fully saturated rings. The Morgan fingerprint density at radius 3 is 2.65 bits per heavy atom. The molecule has 0 unspecified atom stereocenters. The van der Waals surface area contributed by atoms with E-state index in [-0.39, 0.29) is 11.9 Å². The van der Waals surface area contributed by atoms with E-state index < -0.39 is 13.0 Å². The van der Waals surface area contributed by atoms with Crippen LogP contribution in [0.5, 0.6) is 0 Å². The van der Waals surface area contributed by atoms with Crippen LogP contribution in [0.2, 0.25) is 0 Å². The van der Waals surface area contributed by atoms with Crippen LogP contribution in [0.25, 0.3) is 10.9 Å². The second-order valence-corrected chi connectivity index (χ2v) is 7.26. The number of amides is 1. The molecule has 2 saturated heterocycles. The highest BCUT2D eigenvalue weighted by Crippen LogP contribution is 2.27. The van der Waals surface area contributed by atoms with Gasteiger partial charge in [-0.05, 0) is 26.0 Å². The summed E-state index contributed by atoms with van der Waals surface area (Å²) >= 11 is 0. The standard InChI is InChI=1S/C19H23F2N3O2/c1-23-13-6-12(7-14(23)11-26-10-13)22-19(25)16-8-24(9-18(20)21)17-5-3-2-4-15(16)17/h2-5,8,12-14,18H,6-7,9-11H2,1H3,(H,22,25)/t12-,13-,14+. The number of piperidine rings is 1. The van der Waals surface area contributed by atoms with Crippen molar-refractivity contribution in [2.24, 2.45) is 0 Å². The molecule has 1 N–H and O–H groups in total. The summed E-state index contributed by atoms with van der Waals surface area (Å²) in [6.07, 6.45) is 0.767. The molecule has 1 amide bonds. The lowest BCUT2D eigenvalue weighted by atomic mass is 9.90. The first kappa shape index (κ1) is 17.4. The fourth-order valence-electron chi connectivity index (χ4n) is 4.20. The van der Waals surface area contributed by atoms with Crippen LogP contribution in [0.15, 0.2) is 30.5 Å². The predicted molar refractivity (Wildman–Crippen MR) is 94.6 cm³/mol. The van der Waals surface area contributed by atoms with Gasteiger partial charge < -0.3 is 14.6 Å². The zero-order chi connectivity index (χ0) is 18.3. The molecule has 3 heterocycles. The van der Waals surface area contributed by atoms with Crippen molar-refractivity contribution in [1.82, 2.24) is 14.8 Å². The van der Waals surface area contributed by atoms with Crippen molar-refractivity contribution < 1.29 is 18.3 Å². The monoisotopic (exact) mass is 363 g/mol. The number of nitrogens with one attached hydrogen (secondary N) is 1. The lowest BCUT2D eigenvalue weighted by Crippen LogP contribution is -2.59. The summed E-state index contributed by atoms with van der Waals surface area (Å²) in [6, 6.07) is 7.90. The number of ether oxygens (including phenoxy) is 1. The van der Waals surface area contributed by atoms with Crippen molar-refractivity contribution >= 4 is 16.8 Å². The highest BCUT2D eigenvalue weighted by atomic mass is 19.3. The molecule has 4 rings (SSSR count). The molecule has 2 aliphatic rings. The maximum absolute atomic E-state index is 12.9. The molecular formula is C19H23F2N3O2. The molecule has 5 nitrogen and oxygen atoms in total. The Morgan fingerprint density at radius 1 is 1.27 bits per heavy atom. The van der Waals surface area contributed by atoms with E-state index in [9.17, 15) is 13.6 Å². The Balaban J connectivity index is 1.55. The van der Waals surface area contributed by atoms with Crippen molar-refractivity contribution in [3.8, 4) is 0 Å². The first-order chi connectivity index (χ1) is 12.5. The maximum atomic E-state index is 12.9. The molecule has 0 aliphatic carbocycles. The number of benzene rings is 1. The number of rotatable bonds is 4. The number of nitrogens with zero attached hydrogens (tertiary/aromatic N) is 2. The number of aromatic nitrogens is 1. The van der Waals surface area contributed by atoms with Crippen LogP contribution in [-0.4, -0.2) is 60.2 Å². The number of morpholine rings is 1. The zero-order valence-corrected chi connectivity index (χ0v) is 14.7. The second kappa shape index (κ2) is 6.96. The lowest BCUT2D eigenvalue weighted by molar-refractivity contribution is -0.0670. The van der Waals surface area contributed by atoms with Crippen LogP contribution < -0.4 is 5.32 Å². The zero-order valence-electron chi connectivity index (χ0n) is 14.7. The number of likely N-dealkylation sites (N-methyl/N-ethyl adjacent to an activating group) is 1. The van der Waals surface area contributed by atoms with Gasteiger partial charge in [-0.3, -0.25) is 9.69 Å². The fourth-order valence-corrected chi connectivity index (χ4v) is 4.20. The molecule has 0 spiro atoms. The minimum atomic E-state index is -2.46. The van der Waals surface area contributed by atoms with Crippen LogP contribution >= 0.6 is 0 Å². The Morgan fingerprint density at radius 2 is 1.96 bits per heavy atom. The minimum absolute atomic E-state index is 0.0785. The van der Waals surface area contributed by atoms with E-state index in [1.807, 2.05) is 12.1 Å². The Labute approximate surface area is 150 Å². The molecule has 140 valence electrons. The number of hydrogen-bond donors (Lipinski definition) is 1. The molecule has 2 bridgehead atoms. The van der Waals surface area contributed by atoms with Crippen LogP contribution in [-0.2, 0) is 11.3 Å². The van der Waals surface area contributed by atoms with E-state index in [2.05, 4.69) is 17.3 Å². The van der Waals surface area contributed by atoms with Gasteiger partial charge in [-0.15, -0.1) is 0 Å². The van der Waals surface area contributed by atoms with Crippen molar-refractivity contribution in [1.29, 1.82) is 0 Å². The number of halogens is 2. The van der Waals surface area contributed by atoms with Crippen LogP contribution in [0.3, 0.4) is 0 Å². The summed E-state index contributed by atoms with van der Waals surface area (Å²) in [5.74, 6) is -0.192. The molecule has 7 heteroatoms. The van der Waals surface area contributed by atoms with Gasteiger partial charge in [0.2, 0.25) is 0 Å². The smallest absolute Gasteiger partial charge is 0.256 e. The Hall–Kier alpha value is -1.99. The first-order valence-electron chi connectivity index (χ1n) is 8.99. The van der Waals surface area contributed by atoms with Gasteiger partial charge in [0, 0.05) is 35.2 Å². The summed E-state index contributed by atoms with van der Waals surface area (Å²) in [6.45, 7) is 0.962.